The Balaban J connectivity index is 1.82. The van der Waals surface area contributed by atoms with E-state index in [4.69, 9.17) is 4.74 Å². The number of hydrogen-bond acceptors (Lipinski definition) is 7. The number of nitro benzene ring substituents is 1. The lowest BCUT2D eigenvalue weighted by Gasteiger charge is -2.29. The molecule has 3 rings (SSSR count). The third kappa shape index (κ3) is 5.39. The van der Waals surface area contributed by atoms with Crippen LogP contribution in [0, 0.1) is 16.0 Å². The van der Waals surface area contributed by atoms with Gasteiger partial charge in [-0.05, 0) is 48.6 Å². The van der Waals surface area contributed by atoms with Gasteiger partial charge in [0, 0.05) is 19.2 Å². The lowest BCUT2D eigenvalue weighted by molar-refractivity contribution is -0.385. The molecule has 0 saturated carbocycles. The van der Waals surface area contributed by atoms with Gasteiger partial charge in [0.25, 0.3) is 0 Å². The average molecular weight is 448 g/mol. The summed E-state index contributed by atoms with van der Waals surface area (Å²) in [4.78, 5) is 22.1. The van der Waals surface area contributed by atoms with Crippen LogP contribution in [0.3, 0.4) is 0 Å². The van der Waals surface area contributed by atoms with E-state index in [1.54, 1.807) is 24.3 Å². The van der Waals surface area contributed by atoms with Gasteiger partial charge < -0.3 is 9.47 Å². The average Bonchev–Trinajstić information content (AvgIpc) is 2.75. The van der Waals surface area contributed by atoms with Crippen LogP contribution in [0.5, 0.6) is 11.5 Å². The maximum atomic E-state index is 12.9. The first-order valence-electron chi connectivity index (χ1n) is 9.83. The molecule has 0 aromatic heterocycles. The Morgan fingerprint density at radius 1 is 1.16 bits per heavy atom. The molecule has 0 aliphatic carbocycles. The Morgan fingerprint density at radius 2 is 1.81 bits per heavy atom. The number of rotatable bonds is 7. The summed E-state index contributed by atoms with van der Waals surface area (Å²) in [5.41, 5.74) is 0.260. The first-order chi connectivity index (χ1) is 14.7. The van der Waals surface area contributed by atoms with Crippen molar-refractivity contribution in [3.63, 3.8) is 0 Å². The van der Waals surface area contributed by atoms with E-state index in [9.17, 15) is 23.3 Å². The van der Waals surface area contributed by atoms with Crippen LogP contribution in [0.25, 0.3) is 0 Å². The van der Waals surface area contributed by atoms with Crippen molar-refractivity contribution in [3.05, 3.63) is 58.1 Å². The summed E-state index contributed by atoms with van der Waals surface area (Å²) in [5, 5.41) is 11.6. The SMILES string of the molecule is COC(=O)Cc1ccc(Oc2ccc(S(=O)(=O)N3CCC(C)CC3)cc2[N+](=O)[O-])cc1. The van der Waals surface area contributed by atoms with Gasteiger partial charge in [-0.15, -0.1) is 0 Å². The fourth-order valence-corrected chi connectivity index (χ4v) is 4.79. The molecule has 2 aromatic rings. The van der Waals surface area contributed by atoms with E-state index in [0.717, 1.165) is 18.9 Å². The normalized spacial score (nSPS) is 15.4. The van der Waals surface area contributed by atoms with E-state index in [0.29, 0.717) is 30.3 Å². The summed E-state index contributed by atoms with van der Waals surface area (Å²) in [6.45, 7) is 2.86. The minimum absolute atomic E-state index is 0.0723. The molecule has 1 aliphatic heterocycles. The largest absolute Gasteiger partial charge is 0.469 e. The molecule has 0 spiro atoms. The van der Waals surface area contributed by atoms with Crippen LogP contribution >= 0.6 is 0 Å². The van der Waals surface area contributed by atoms with Gasteiger partial charge in [-0.1, -0.05) is 19.1 Å². The molecule has 9 nitrogen and oxygen atoms in total. The second kappa shape index (κ2) is 9.44. The van der Waals surface area contributed by atoms with Gasteiger partial charge in [-0.25, -0.2) is 8.42 Å². The molecule has 0 unspecified atom stereocenters. The first kappa shape index (κ1) is 22.7. The molecule has 0 N–H and O–H groups in total. The Bertz CT molecular complexity index is 1060. The number of benzene rings is 2. The highest BCUT2D eigenvalue weighted by molar-refractivity contribution is 7.89. The van der Waals surface area contributed by atoms with Crippen molar-refractivity contribution in [3.8, 4) is 11.5 Å². The lowest BCUT2D eigenvalue weighted by atomic mass is 10.0. The standard InChI is InChI=1S/C21H24N2O7S/c1-15-9-11-22(12-10-15)31(27,28)18-7-8-20(19(14-18)23(25)26)30-17-5-3-16(4-6-17)13-21(24)29-2/h3-8,14-15H,9-13H2,1-2H3. The quantitative estimate of drug-likeness (QED) is 0.361. The van der Waals surface area contributed by atoms with Gasteiger partial charge in [0.2, 0.25) is 15.8 Å². The molecule has 0 radical (unpaired) electrons. The number of carbonyl (C=O) groups is 1. The smallest absolute Gasteiger partial charge is 0.312 e. The van der Waals surface area contributed by atoms with Crippen molar-refractivity contribution in [2.45, 2.75) is 31.1 Å². The number of piperidine rings is 1. The van der Waals surface area contributed by atoms with E-state index in [1.165, 1.54) is 23.5 Å². The predicted molar refractivity (Wildman–Crippen MR) is 112 cm³/mol. The lowest BCUT2D eigenvalue weighted by Crippen LogP contribution is -2.37. The van der Waals surface area contributed by atoms with Gasteiger partial charge in [0.1, 0.15) is 5.75 Å². The Kier molecular flexibility index (Phi) is 6.91. The summed E-state index contributed by atoms with van der Waals surface area (Å²) in [6, 6.07) is 10.1. The molecular formula is C21H24N2O7S. The van der Waals surface area contributed by atoms with Crippen molar-refractivity contribution < 1.29 is 27.6 Å². The maximum absolute atomic E-state index is 12.9. The second-order valence-electron chi connectivity index (χ2n) is 7.47. The zero-order chi connectivity index (χ0) is 22.6. The fourth-order valence-electron chi connectivity index (χ4n) is 3.30. The van der Waals surface area contributed by atoms with Gasteiger partial charge >= 0.3 is 11.7 Å². The second-order valence-corrected chi connectivity index (χ2v) is 9.41. The molecule has 1 heterocycles. The molecule has 0 amide bonds. The van der Waals surface area contributed by atoms with Gasteiger partial charge in [0.15, 0.2) is 0 Å². The minimum atomic E-state index is -3.82. The number of hydrogen-bond donors (Lipinski definition) is 0. The fraction of sp³-hybridized carbons (Fsp3) is 0.381. The van der Waals surface area contributed by atoms with Gasteiger partial charge in [0.05, 0.1) is 23.3 Å². The number of nitrogens with zero attached hydrogens (tertiary/aromatic N) is 2. The summed E-state index contributed by atoms with van der Waals surface area (Å²) in [7, 11) is -2.52. The molecule has 0 atom stereocenters. The molecule has 10 heteroatoms. The molecular weight excluding hydrogens is 424 g/mol. The van der Waals surface area contributed by atoms with Crippen LogP contribution in [0.15, 0.2) is 47.4 Å². The number of methoxy groups -OCH3 is 1. The Morgan fingerprint density at radius 3 is 2.39 bits per heavy atom. The third-order valence-electron chi connectivity index (χ3n) is 5.23. The monoisotopic (exact) mass is 448 g/mol. The summed E-state index contributed by atoms with van der Waals surface area (Å²) < 4.78 is 37.4. The summed E-state index contributed by atoms with van der Waals surface area (Å²) in [6.07, 6.45) is 1.61. The van der Waals surface area contributed by atoms with Gasteiger partial charge in [-0.3, -0.25) is 14.9 Å². The van der Waals surface area contributed by atoms with Crippen molar-refractivity contribution in [1.29, 1.82) is 0 Å². The van der Waals surface area contributed by atoms with E-state index in [1.807, 2.05) is 0 Å². The zero-order valence-corrected chi connectivity index (χ0v) is 18.1. The highest BCUT2D eigenvalue weighted by Crippen LogP contribution is 2.35. The Hall–Kier alpha value is -2.98. The van der Waals surface area contributed by atoms with Crippen molar-refractivity contribution in [2.24, 2.45) is 5.92 Å². The molecule has 1 fully saturated rings. The number of esters is 1. The van der Waals surface area contributed by atoms with E-state index in [-0.39, 0.29) is 23.0 Å². The van der Waals surface area contributed by atoms with E-state index in [2.05, 4.69) is 11.7 Å². The maximum Gasteiger partial charge on any atom is 0.312 e. The molecule has 0 bridgehead atoms. The molecule has 1 saturated heterocycles. The minimum Gasteiger partial charge on any atom is -0.469 e. The molecule has 2 aromatic carbocycles. The number of nitro groups is 1. The van der Waals surface area contributed by atoms with Crippen LogP contribution in [0.4, 0.5) is 5.69 Å². The van der Waals surface area contributed by atoms with Crippen LogP contribution in [-0.4, -0.2) is 43.8 Å². The van der Waals surface area contributed by atoms with Crippen molar-refractivity contribution in [1.82, 2.24) is 4.31 Å². The van der Waals surface area contributed by atoms with E-state index >= 15 is 0 Å². The number of ether oxygens (including phenoxy) is 2. The van der Waals surface area contributed by atoms with Crippen LogP contribution in [0.2, 0.25) is 0 Å². The highest BCUT2D eigenvalue weighted by atomic mass is 32.2. The van der Waals surface area contributed by atoms with Crippen LogP contribution in [0.1, 0.15) is 25.3 Å². The van der Waals surface area contributed by atoms with Crippen LogP contribution in [-0.2, 0) is 26.0 Å². The summed E-state index contributed by atoms with van der Waals surface area (Å²) >= 11 is 0. The van der Waals surface area contributed by atoms with Crippen LogP contribution < -0.4 is 4.74 Å². The Labute approximate surface area is 180 Å². The summed E-state index contributed by atoms with van der Waals surface area (Å²) in [5.74, 6) is 0.314. The van der Waals surface area contributed by atoms with Crippen molar-refractivity contribution >= 4 is 21.7 Å². The zero-order valence-electron chi connectivity index (χ0n) is 17.3. The third-order valence-corrected chi connectivity index (χ3v) is 7.13. The number of sulfonamides is 1. The molecule has 31 heavy (non-hydrogen) atoms. The van der Waals surface area contributed by atoms with Crippen molar-refractivity contribution in [2.75, 3.05) is 20.2 Å². The molecule has 1 aliphatic rings. The highest BCUT2D eigenvalue weighted by Gasteiger charge is 2.30. The molecule has 166 valence electrons. The predicted octanol–water partition coefficient (Wildman–Crippen LogP) is 3.52. The number of carbonyl (C=O) groups excluding carboxylic acids is 1. The first-order valence-corrected chi connectivity index (χ1v) is 11.3. The topological polar surface area (TPSA) is 116 Å². The van der Waals surface area contributed by atoms with Gasteiger partial charge in [-0.2, -0.15) is 4.31 Å². The van der Waals surface area contributed by atoms with E-state index < -0.39 is 20.6 Å².